The first kappa shape index (κ1) is 19.3. The lowest BCUT2D eigenvalue weighted by atomic mass is 10.1. The monoisotopic (exact) mass is 409 g/mol. The normalized spacial score (nSPS) is 19.6. The molecule has 2 aromatic rings. The highest BCUT2D eigenvalue weighted by atomic mass is 35.5. The van der Waals surface area contributed by atoms with Gasteiger partial charge < -0.3 is 10.6 Å². The van der Waals surface area contributed by atoms with Gasteiger partial charge in [0.25, 0.3) is 12.3 Å². The van der Waals surface area contributed by atoms with Gasteiger partial charge in [-0.2, -0.15) is 18.2 Å². The highest BCUT2D eigenvalue weighted by molar-refractivity contribution is 6.31. The van der Waals surface area contributed by atoms with Gasteiger partial charge in [-0.3, -0.25) is 4.79 Å². The molecule has 3 rings (SSSR count). The molecule has 0 saturated carbocycles. The number of hydrogen-bond donors (Lipinski definition) is 2. The maximum absolute atomic E-state index is 13.2. The van der Waals surface area contributed by atoms with E-state index >= 15 is 0 Å². The number of fused-ring (bicyclic) bond motifs is 1. The van der Waals surface area contributed by atoms with E-state index in [0.717, 1.165) is 10.7 Å². The van der Waals surface area contributed by atoms with Crippen LogP contribution in [-0.2, 0) is 6.18 Å². The third kappa shape index (κ3) is 3.97. The minimum atomic E-state index is -4.70. The number of halogens is 6. The van der Waals surface area contributed by atoms with Gasteiger partial charge >= 0.3 is 6.18 Å². The van der Waals surface area contributed by atoms with Gasteiger partial charge in [-0.15, -0.1) is 5.10 Å². The molecule has 0 bridgehead atoms. The Kier molecular flexibility index (Phi) is 4.98. The predicted octanol–water partition coefficient (Wildman–Crippen LogP) is 4.21. The van der Waals surface area contributed by atoms with Gasteiger partial charge in [0.1, 0.15) is 6.04 Å². The minimum absolute atomic E-state index is 0.00344. The lowest BCUT2D eigenvalue weighted by Crippen LogP contribution is -2.33. The lowest BCUT2D eigenvalue weighted by Gasteiger charge is -2.28. The molecule has 1 aromatic heterocycles. The Morgan fingerprint density at radius 1 is 1.41 bits per heavy atom. The summed E-state index contributed by atoms with van der Waals surface area (Å²) in [5.41, 5.74) is -1.30. The molecule has 0 spiro atoms. The van der Waals surface area contributed by atoms with Crippen LogP contribution in [0.1, 0.15) is 35.6 Å². The van der Waals surface area contributed by atoms with Gasteiger partial charge in [0.2, 0.25) is 11.8 Å². The summed E-state index contributed by atoms with van der Waals surface area (Å²) in [4.78, 5) is 16.1. The van der Waals surface area contributed by atoms with Crippen LogP contribution in [0.25, 0.3) is 0 Å². The van der Waals surface area contributed by atoms with Crippen molar-refractivity contribution in [1.82, 2.24) is 14.8 Å². The van der Waals surface area contributed by atoms with Crippen LogP contribution in [-0.4, -0.2) is 33.1 Å². The highest BCUT2D eigenvalue weighted by Gasteiger charge is 2.35. The highest BCUT2D eigenvalue weighted by Crippen LogP contribution is 2.36. The second-order valence-electron chi connectivity index (χ2n) is 6.03. The van der Waals surface area contributed by atoms with Crippen LogP contribution in [0.15, 0.2) is 18.2 Å². The number of carbonyl (C=O) groups is 1. The number of nitrogens with zero attached hydrogens (tertiary/aromatic N) is 3. The second kappa shape index (κ2) is 6.95. The van der Waals surface area contributed by atoms with Crippen molar-refractivity contribution in [3.63, 3.8) is 0 Å². The van der Waals surface area contributed by atoms with Gasteiger partial charge in [0.05, 0.1) is 10.6 Å². The van der Waals surface area contributed by atoms with E-state index in [2.05, 4.69) is 20.7 Å². The molecular weight excluding hydrogens is 397 g/mol. The maximum Gasteiger partial charge on any atom is 0.417 e. The standard InChI is InChI=1S/C15H13ClF5N5O/c1-6-4-10(11(17)18)26-14(22-6)24-12(25-26)13(27)23-7-2-3-9(16)8(5-7)15(19,20)21/h2-3,5-6,10-11H,4H2,1H3,(H,23,27)(H,22,24,25)/t6-,10-/m0/s1. The fourth-order valence-electron chi connectivity index (χ4n) is 2.71. The van der Waals surface area contributed by atoms with Crippen LogP contribution >= 0.6 is 11.6 Å². The number of aromatic nitrogens is 3. The average molecular weight is 410 g/mol. The van der Waals surface area contributed by atoms with Crippen LogP contribution in [0.4, 0.5) is 33.6 Å². The summed E-state index contributed by atoms with van der Waals surface area (Å²) in [6, 6.07) is 1.27. The Labute approximate surface area is 154 Å². The number of rotatable bonds is 3. The molecule has 0 radical (unpaired) electrons. The van der Waals surface area contributed by atoms with E-state index in [4.69, 9.17) is 11.6 Å². The summed E-state index contributed by atoms with van der Waals surface area (Å²) in [6.07, 6.45) is -7.33. The summed E-state index contributed by atoms with van der Waals surface area (Å²) in [5, 5.41) is 8.30. The van der Waals surface area contributed by atoms with Gasteiger partial charge in [0.15, 0.2) is 0 Å². The van der Waals surface area contributed by atoms with Crippen molar-refractivity contribution >= 4 is 29.1 Å². The fourth-order valence-corrected chi connectivity index (χ4v) is 2.93. The van der Waals surface area contributed by atoms with Crippen molar-refractivity contribution < 1.29 is 26.7 Å². The maximum atomic E-state index is 13.2. The lowest BCUT2D eigenvalue weighted by molar-refractivity contribution is -0.137. The number of amides is 1. The van der Waals surface area contributed by atoms with E-state index in [0.29, 0.717) is 6.07 Å². The van der Waals surface area contributed by atoms with Crippen molar-refractivity contribution in [2.24, 2.45) is 0 Å². The Hall–Kier alpha value is -2.43. The minimum Gasteiger partial charge on any atom is -0.352 e. The molecule has 1 aliphatic heterocycles. The SMILES string of the molecule is C[C@H]1C[C@@H](C(F)F)n2nc(C(=O)Nc3ccc(Cl)c(C(F)(F)F)c3)nc2N1. The Bertz CT molecular complexity index is 869. The molecule has 2 N–H and O–H groups in total. The largest absolute Gasteiger partial charge is 0.417 e. The van der Waals surface area contributed by atoms with E-state index in [1.165, 1.54) is 6.07 Å². The molecule has 27 heavy (non-hydrogen) atoms. The third-order valence-corrected chi connectivity index (χ3v) is 4.27. The van der Waals surface area contributed by atoms with Crippen molar-refractivity contribution in [1.29, 1.82) is 0 Å². The quantitative estimate of drug-likeness (QED) is 0.745. The molecule has 1 aromatic carbocycles. The average Bonchev–Trinajstić information content (AvgIpc) is 2.98. The van der Waals surface area contributed by atoms with E-state index in [-0.39, 0.29) is 24.1 Å². The molecule has 0 saturated heterocycles. The van der Waals surface area contributed by atoms with E-state index in [1.807, 2.05) is 0 Å². The summed E-state index contributed by atoms with van der Waals surface area (Å²) < 4.78 is 66.0. The molecule has 2 atom stereocenters. The smallest absolute Gasteiger partial charge is 0.352 e. The predicted molar refractivity (Wildman–Crippen MR) is 87.2 cm³/mol. The topological polar surface area (TPSA) is 71.8 Å². The first-order valence-electron chi connectivity index (χ1n) is 7.75. The number of benzene rings is 1. The Morgan fingerprint density at radius 2 is 2.11 bits per heavy atom. The Balaban J connectivity index is 1.85. The number of carbonyl (C=O) groups excluding carboxylic acids is 1. The molecule has 12 heteroatoms. The van der Waals surface area contributed by atoms with Gasteiger partial charge in [0, 0.05) is 11.7 Å². The third-order valence-electron chi connectivity index (χ3n) is 3.94. The van der Waals surface area contributed by atoms with Gasteiger partial charge in [-0.25, -0.2) is 13.5 Å². The van der Waals surface area contributed by atoms with Crippen molar-refractivity contribution in [3.8, 4) is 0 Å². The van der Waals surface area contributed by atoms with Crippen LogP contribution < -0.4 is 10.6 Å². The summed E-state index contributed by atoms with van der Waals surface area (Å²) in [7, 11) is 0. The number of alkyl halides is 5. The molecule has 146 valence electrons. The molecule has 6 nitrogen and oxygen atoms in total. The summed E-state index contributed by atoms with van der Waals surface area (Å²) >= 11 is 5.52. The molecule has 0 aliphatic carbocycles. The number of anilines is 2. The number of nitrogens with one attached hydrogen (secondary N) is 2. The molecule has 0 fully saturated rings. The zero-order chi connectivity index (χ0) is 19.9. The zero-order valence-corrected chi connectivity index (χ0v) is 14.4. The fraction of sp³-hybridized carbons (Fsp3) is 0.400. The van der Waals surface area contributed by atoms with Crippen LogP contribution in [0.2, 0.25) is 5.02 Å². The van der Waals surface area contributed by atoms with E-state index in [9.17, 15) is 26.7 Å². The van der Waals surface area contributed by atoms with Crippen molar-refractivity contribution in [2.75, 3.05) is 10.6 Å². The molecule has 2 heterocycles. The van der Waals surface area contributed by atoms with Gasteiger partial charge in [-0.1, -0.05) is 11.6 Å². The summed E-state index contributed by atoms with van der Waals surface area (Å²) in [6.45, 7) is 1.68. The first-order valence-corrected chi connectivity index (χ1v) is 8.13. The zero-order valence-electron chi connectivity index (χ0n) is 13.7. The van der Waals surface area contributed by atoms with Crippen LogP contribution in [0.5, 0.6) is 0 Å². The van der Waals surface area contributed by atoms with E-state index in [1.54, 1.807) is 6.92 Å². The second-order valence-corrected chi connectivity index (χ2v) is 6.44. The first-order chi connectivity index (χ1) is 12.6. The van der Waals surface area contributed by atoms with Crippen molar-refractivity contribution in [3.05, 3.63) is 34.6 Å². The molecular formula is C15H13ClF5N5O. The molecule has 1 aliphatic rings. The van der Waals surface area contributed by atoms with Crippen molar-refractivity contribution in [2.45, 2.75) is 38.0 Å². The molecule has 0 unspecified atom stereocenters. The molecule has 1 amide bonds. The van der Waals surface area contributed by atoms with E-state index < -0.39 is 41.0 Å². The number of hydrogen-bond acceptors (Lipinski definition) is 4. The van der Waals surface area contributed by atoms with Crippen LogP contribution in [0.3, 0.4) is 0 Å². The Morgan fingerprint density at radius 3 is 2.74 bits per heavy atom. The summed E-state index contributed by atoms with van der Waals surface area (Å²) in [5.74, 6) is -1.38. The van der Waals surface area contributed by atoms with Crippen LogP contribution in [0, 0.1) is 0 Å². The van der Waals surface area contributed by atoms with Gasteiger partial charge in [-0.05, 0) is 31.5 Å².